The van der Waals surface area contributed by atoms with E-state index >= 15 is 0 Å². The Hall–Kier alpha value is -1.33. The minimum absolute atomic E-state index is 0.293. The molecular weight excluding hydrogens is 348 g/mol. The van der Waals surface area contributed by atoms with Crippen molar-refractivity contribution in [2.75, 3.05) is 6.61 Å². The molecule has 0 N–H and O–H groups in total. The third-order valence-corrected chi connectivity index (χ3v) is 3.10. The average Bonchev–Trinajstić information content (AvgIpc) is 2.39. The van der Waals surface area contributed by atoms with Crippen LogP contribution in [-0.4, -0.2) is 24.5 Å². The maximum atomic E-state index is 11.7. The predicted molar refractivity (Wildman–Crippen MR) is 89.7 cm³/mol. The van der Waals surface area contributed by atoms with E-state index in [1.165, 1.54) is 0 Å². The van der Waals surface area contributed by atoms with Gasteiger partial charge in [0, 0.05) is 10.9 Å². The highest BCUT2D eigenvalue weighted by Gasteiger charge is 2.21. The van der Waals surface area contributed by atoms with Gasteiger partial charge in [0.25, 0.3) is 0 Å². The second kappa shape index (κ2) is 8.96. The molecule has 5 heteroatoms. The van der Waals surface area contributed by atoms with Crippen LogP contribution in [0.4, 0.5) is 4.79 Å². The third kappa shape index (κ3) is 8.20. The zero-order valence-corrected chi connectivity index (χ0v) is 14.9. The molecule has 0 fully saturated rings. The van der Waals surface area contributed by atoms with Crippen LogP contribution in [0, 0.1) is 0 Å². The molecule has 0 aromatic heterocycles. The fraction of sp³-hybridized carbons (Fsp3) is 0.471. The molecule has 0 heterocycles. The van der Waals surface area contributed by atoms with Crippen molar-refractivity contribution in [1.29, 1.82) is 0 Å². The van der Waals surface area contributed by atoms with E-state index in [1.807, 2.05) is 24.3 Å². The first-order chi connectivity index (χ1) is 10.3. The molecular formula is C17H23BrO4. The number of carbonyl (C=O) groups is 1. The maximum Gasteiger partial charge on any atom is 0.509 e. The minimum atomic E-state index is -0.688. The molecule has 0 spiro atoms. The summed E-state index contributed by atoms with van der Waals surface area (Å²) in [6, 6.07) is 7.86. The van der Waals surface area contributed by atoms with Gasteiger partial charge in [-0.15, -0.1) is 6.58 Å². The molecule has 0 radical (unpaired) electrons. The zero-order chi connectivity index (χ0) is 16.6. The van der Waals surface area contributed by atoms with Crippen LogP contribution >= 0.6 is 15.9 Å². The van der Waals surface area contributed by atoms with Gasteiger partial charge >= 0.3 is 6.16 Å². The molecule has 0 saturated heterocycles. The number of carbonyl (C=O) groups excluding carboxylic acids is 1. The summed E-state index contributed by atoms with van der Waals surface area (Å²) in [5.41, 5.74) is 0.478. The number of halogens is 1. The molecule has 22 heavy (non-hydrogen) atoms. The van der Waals surface area contributed by atoms with Gasteiger partial charge in [-0.25, -0.2) is 4.79 Å². The molecule has 4 nitrogen and oxygen atoms in total. The fourth-order valence-corrected chi connectivity index (χ4v) is 1.90. The van der Waals surface area contributed by atoms with Crippen LogP contribution in [0.15, 0.2) is 41.4 Å². The quantitative estimate of drug-likeness (QED) is 0.507. The van der Waals surface area contributed by atoms with Crippen LogP contribution in [0.1, 0.15) is 32.8 Å². The fourth-order valence-electron chi connectivity index (χ4n) is 1.64. The maximum absolute atomic E-state index is 11.7. The Bertz CT molecular complexity index is 476. The lowest BCUT2D eigenvalue weighted by Gasteiger charge is -2.22. The van der Waals surface area contributed by atoms with Crippen LogP contribution in [-0.2, 0) is 20.8 Å². The lowest BCUT2D eigenvalue weighted by atomic mass is 10.2. The average molecular weight is 371 g/mol. The molecule has 0 aliphatic rings. The van der Waals surface area contributed by atoms with E-state index in [0.29, 0.717) is 19.6 Å². The second-order valence-electron chi connectivity index (χ2n) is 5.87. The number of hydrogen-bond acceptors (Lipinski definition) is 4. The van der Waals surface area contributed by atoms with Gasteiger partial charge < -0.3 is 14.2 Å². The Morgan fingerprint density at radius 1 is 1.32 bits per heavy atom. The molecule has 1 rings (SSSR count). The SMILES string of the molecule is C=CC[C@H](COCc1ccc(Br)cc1)OC(=O)OC(C)(C)C. The van der Waals surface area contributed by atoms with Crippen LogP contribution < -0.4 is 0 Å². The Morgan fingerprint density at radius 3 is 2.50 bits per heavy atom. The molecule has 0 amide bonds. The van der Waals surface area contributed by atoms with Gasteiger partial charge in [-0.2, -0.15) is 0 Å². The second-order valence-corrected chi connectivity index (χ2v) is 6.79. The summed E-state index contributed by atoms with van der Waals surface area (Å²) < 4.78 is 17.0. The van der Waals surface area contributed by atoms with Gasteiger partial charge in [-0.05, 0) is 38.5 Å². The molecule has 122 valence electrons. The summed E-state index contributed by atoms with van der Waals surface area (Å²) in [5.74, 6) is 0. The van der Waals surface area contributed by atoms with E-state index in [4.69, 9.17) is 14.2 Å². The first kappa shape index (κ1) is 18.7. The summed E-state index contributed by atoms with van der Waals surface area (Å²) in [6.07, 6.45) is 1.12. The molecule has 1 aromatic rings. The van der Waals surface area contributed by atoms with Gasteiger partial charge in [0.1, 0.15) is 11.7 Å². The van der Waals surface area contributed by atoms with Crippen molar-refractivity contribution in [3.05, 3.63) is 47.0 Å². The van der Waals surface area contributed by atoms with E-state index in [9.17, 15) is 4.79 Å². The monoisotopic (exact) mass is 370 g/mol. The standard InChI is InChI=1S/C17H23BrO4/c1-5-6-15(21-16(19)22-17(2,3)4)12-20-11-13-7-9-14(18)10-8-13/h5,7-10,15H,1,6,11-12H2,2-4H3/t15-/m1/s1. The van der Waals surface area contributed by atoms with Crippen LogP contribution in [0.25, 0.3) is 0 Å². The minimum Gasteiger partial charge on any atom is -0.429 e. The lowest BCUT2D eigenvalue weighted by molar-refractivity contribution is -0.0486. The topological polar surface area (TPSA) is 44.8 Å². The van der Waals surface area contributed by atoms with Gasteiger partial charge in [-0.1, -0.05) is 34.1 Å². The molecule has 0 aliphatic heterocycles. The first-order valence-electron chi connectivity index (χ1n) is 7.13. The lowest BCUT2D eigenvalue weighted by Crippen LogP contribution is -2.29. The largest absolute Gasteiger partial charge is 0.509 e. The Kier molecular flexibility index (Phi) is 7.62. The highest BCUT2D eigenvalue weighted by molar-refractivity contribution is 9.10. The molecule has 0 unspecified atom stereocenters. The number of benzene rings is 1. The van der Waals surface area contributed by atoms with Crippen molar-refractivity contribution in [2.45, 2.75) is 45.5 Å². The number of hydrogen-bond donors (Lipinski definition) is 0. The van der Waals surface area contributed by atoms with Crippen molar-refractivity contribution >= 4 is 22.1 Å². The molecule has 0 saturated carbocycles. The van der Waals surface area contributed by atoms with Crippen molar-refractivity contribution in [1.82, 2.24) is 0 Å². The Balaban J connectivity index is 2.41. The number of rotatable bonds is 7. The van der Waals surface area contributed by atoms with Crippen molar-refractivity contribution in [2.24, 2.45) is 0 Å². The van der Waals surface area contributed by atoms with Crippen LogP contribution in [0.5, 0.6) is 0 Å². The van der Waals surface area contributed by atoms with E-state index < -0.39 is 17.9 Å². The smallest absolute Gasteiger partial charge is 0.429 e. The normalized spacial score (nSPS) is 12.5. The number of ether oxygens (including phenoxy) is 3. The van der Waals surface area contributed by atoms with Gasteiger partial charge in [0.05, 0.1) is 13.2 Å². The van der Waals surface area contributed by atoms with Gasteiger partial charge in [0.15, 0.2) is 0 Å². The predicted octanol–water partition coefficient (Wildman–Crippen LogP) is 4.86. The highest BCUT2D eigenvalue weighted by atomic mass is 79.9. The summed E-state index contributed by atoms with van der Waals surface area (Å²) in [7, 11) is 0. The summed E-state index contributed by atoms with van der Waals surface area (Å²) in [4.78, 5) is 11.7. The van der Waals surface area contributed by atoms with Crippen molar-refractivity contribution in [3.63, 3.8) is 0 Å². The third-order valence-electron chi connectivity index (χ3n) is 2.57. The van der Waals surface area contributed by atoms with E-state index in [1.54, 1.807) is 26.8 Å². The van der Waals surface area contributed by atoms with E-state index in [-0.39, 0.29) is 0 Å². The van der Waals surface area contributed by atoms with Gasteiger partial charge in [-0.3, -0.25) is 0 Å². The first-order valence-corrected chi connectivity index (χ1v) is 7.92. The van der Waals surface area contributed by atoms with Crippen molar-refractivity contribution < 1.29 is 19.0 Å². The van der Waals surface area contributed by atoms with E-state index in [0.717, 1.165) is 10.0 Å². The molecule has 0 aliphatic carbocycles. The Morgan fingerprint density at radius 2 is 1.95 bits per heavy atom. The van der Waals surface area contributed by atoms with Crippen LogP contribution in [0.2, 0.25) is 0 Å². The molecule has 1 atom stereocenters. The van der Waals surface area contributed by atoms with E-state index in [2.05, 4.69) is 22.5 Å². The van der Waals surface area contributed by atoms with Crippen LogP contribution in [0.3, 0.4) is 0 Å². The zero-order valence-electron chi connectivity index (χ0n) is 13.3. The van der Waals surface area contributed by atoms with Crippen molar-refractivity contribution in [3.8, 4) is 0 Å². The summed E-state index contributed by atoms with van der Waals surface area (Å²) in [6.45, 7) is 9.79. The molecule has 1 aromatic carbocycles. The van der Waals surface area contributed by atoms with Gasteiger partial charge in [0.2, 0.25) is 0 Å². The Labute approximate surface area is 140 Å². The summed E-state index contributed by atoms with van der Waals surface area (Å²) >= 11 is 3.39. The summed E-state index contributed by atoms with van der Waals surface area (Å²) in [5, 5.41) is 0. The highest BCUT2D eigenvalue weighted by Crippen LogP contribution is 2.13. The molecule has 0 bridgehead atoms.